The van der Waals surface area contributed by atoms with E-state index in [1.54, 1.807) is 6.07 Å². The third kappa shape index (κ3) is 4.46. The summed E-state index contributed by atoms with van der Waals surface area (Å²) >= 11 is 0. The maximum Gasteiger partial charge on any atom is 0.141 e. The summed E-state index contributed by atoms with van der Waals surface area (Å²) < 4.78 is 12.9. The van der Waals surface area contributed by atoms with E-state index in [-0.39, 0.29) is 5.82 Å². The summed E-state index contributed by atoms with van der Waals surface area (Å²) in [5.74, 6) is 1.99. The van der Waals surface area contributed by atoms with Crippen LogP contribution in [0.1, 0.15) is 26.7 Å². The molecule has 1 aromatic rings. The molecule has 0 aliphatic carbocycles. The highest BCUT2D eigenvalue weighted by molar-refractivity contribution is 5.38. The Balaban J connectivity index is 1.84. The quantitative estimate of drug-likeness (QED) is 0.887. The predicted molar refractivity (Wildman–Crippen MR) is 76.8 cm³/mol. The predicted octanol–water partition coefficient (Wildman–Crippen LogP) is 2.68. The van der Waals surface area contributed by atoms with Crippen LogP contribution in [-0.2, 0) is 0 Å². The van der Waals surface area contributed by atoms with Gasteiger partial charge in [0.15, 0.2) is 0 Å². The van der Waals surface area contributed by atoms with Crippen molar-refractivity contribution < 1.29 is 4.39 Å². The van der Waals surface area contributed by atoms with Crippen LogP contribution in [0.3, 0.4) is 0 Å². The van der Waals surface area contributed by atoms with Crippen molar-refractivity contribution in [3.63, 3.8) is 0 Å². The minimum atomic E-state index is -0.268. The van der Waals surface area contributed by atoms with Gasteiger partial charge in [0, 0.05) is 13.1 Å². The monoisotopic (exact) mass is 265 g/mol. The Bertz CT molecular complexity index is 377. The van der Waals surface area contributed by atoms with Crippen LogP contribution >= 0.6 is 0 Å². The van der Waals surface area contributed by atoms with E-state index in [4.69, 9.17) is 0 Å². The first-order chi connectivity index (χ1) is 9.15. The lowest BCUT2D eigenvalue weighted by Gasteiger charge is -2.33. The second-order valence-corrected chi connectivity index (χ2v) is 5.84. The highest BCUT2D eigenvalue weighted by Gasteiger charge is 2.20. The molecule has 2 rings (SSSR count). The van der Waals surface area contributed by atoms with Crippen LogP contribution in [-0.4, -0.2) is 31.2 Å². The molecule has 1 fully saturated rings. The molecule has 2 heterocycles. The van der Waals surface area contributed by atoms with Gasteiger partial charge >= 0.3 is 0 Å². The van der Waals surface area contributed by atoms with Crippen molar-refractivity contribution in [2.75, 3.05) is 31.1 Å². The van der Waals surface area contributed by atoms with Gasteiger partial charge in [0.2, 0.25) is 0 Å². The summed E-state index contributed by atoms with van der Waals surface area (Å²) in [7, 11) is 0. The van der Waals surface area contributed by atoms with E-state index in [1.165, 1.54) is 25.1 Å². The molecule has 1 unspecified atom stereocenters. The van der Waals surface area contributed by atoms with Crippen LogP contribution in [0.2, 0.25) is 0 Å². The molecule has 106 valence electrons. The van der Waals surface area contributed by atoms with Crippen molar-refractivity contribution in [2.24, 2.45) is 11.8 Å². The van der Waals surface area contributed by atoms with Gasteiger partial charge < -0.3 is 10.2 Å². The molecule has 1 N–H and O–H groups in total. The Hall–Kier alpha value is -1.16. The average molecular weight is 265 g/mol. The SMILES string of the molecule is CC(C)CNCC1CCCN(c2ccc(F)cn2)C1. The second-order valence-electron chi connectivity index (χ2n) is 5.84. The molecule has 1 saturated heterocycles. The van der Waals surface area contributed by atoms with E-state index in [1.807, 2.05) is 0 Å². The highest BCUT2D eigenvalue weighted by Crippen LogP contribution is 2.21. The van der Waals surface area contributed by atoms with Crippen LogP contribution in [0.4, 0.5) is 10.2 Å². The van der Waals surface area contributed by atoms with Crippen molar-refractivity contribution in [3.8, 4) is 0 Å². The van der Waals surface area contributed by atoms with Crippen LogP contribution in [0.15, 0.2) is 18.3 Å². The van der Waals surface area contributed by atoms with Crippen molar-refractivity contribution in [2.45, 2.75) is 26.7 Å². The molecule has 1 atom stereocenters. The zero-order chi connectivity index (χ0) is 13.7. The smallest absolute Gasteiger partial charge is 0.141 e. The summed E-state index contributed by atoms with van der Waals surface area (Å²) in [6, 6.07) is 3.27. The molecule has 0 saturated carbocycles. The first kappa shape index (κ1) is 14.3. The Labute approximate surface area is 115 Å². The number of anilines is 1. The van der Waals surface area contributed by atoms with Gasteiger partial charge in [-0.05, 0) is 49.9 Å². The van der Waals surface area contributed by atoms with E-state index in [0.29, 0.717) is 11.8 Å². The van der Waals surface area contributed by atoms with E-state index in [9.17, 15) is 4.39 Å². The van der Waals surface area contributed by atoms with Gasteiger partial charge in [-0.15, -0.1) is 0 Å². The molecule has 0 radical (unpaired) electrons. The molecule has 1 aliphatic rings. The van der Waals surface area contributed by atoms with Crippen molar-refractivity contribution in [3.05, 3.63) is 24.1 Å². The van der Waals surface area contributed by atoms with Crippen molar-refractivity contribution in [1.82, 2.24) is 10.3 Å². The fraction of sp³-hybridized carbons (Fsp3) is 0.667. The number of pyridine rings is 1. The zero-order valence-corrected chi connectivity index (χ0v) is 11.9. The van der Waals surface area contributed by atoms with Gasteiger partial charge in [-0.2, -0.15) is 0 Å². The maximum atomic E-state index is 12.9. The van der Waals surface area contributed by atoms with Crippen LogP contribution < -0.4 is 10.2 Å². The van der Waals surface area contributed by atoms with Crippen molar-refractivity contribution in [1.29, 1.82) is 0 Å². The fourth-order valence-electron chi connectivity index (χ4n) is 2.57. The van der Waals surface area contributed by atoms with E-state index in [2.05, 4.69) is 29.0 Å². The first-order valence-corrected chi connectivity index (χ1v) is 7.22. The molecular weight excluding hydrogens is 241 g/mol. The number of hydrogen-bond acceptors (Lipinski definition) is 3. The minimum Gasteiger partial charge on any atom is -0.356 e. The molecule has 19 heavy (non-hydrogen) atoms. The van der Waals surface area contributed by atoms with Gasteiger partial charge in [-0.1, -0.05) is 13.8 Å². The van der Waals surface area contributed by atoms with Gasteiger partial charge in [0.05, 0.1) is 6.20 Å². The Kier molecular flexibility index (Phi) is 5.14. The molecule has 1 aromatic heterocycles. The molecule has 0 aromatic carbocycles. The second kappa shape index (κ2) is 6.85. The van der Waals surface area contributed by atoms with Gasteiger partial charge in [-0.3, -0.25) is 0 Å². The van der Waals surface area contributed by atoms with Gasteiger partial charge in [0.25, 0.3) is 0 Å². The van der Waals surface area contributed by atoms with Gasteiger partial charge in [-0.25, -0.2) is 9.37 Å². The summed E-state index contributed by atoms with van der Waals surface area (Å²) in [5.41, 5.74) is 0. The average Bonchev–Trinajstić information content (AvgIpc) is 2.39. The number of halogens is 1. The summed E-state index contributed by atoms with van der Waals surface area (Å²) in [6.45, 7) is 8.63. The Morgan fingerprint density at radius 3 is 3.00 bits per heavy atom. The van der Waals surface area contributed by atoms with E-state index < -0.39 is 0 Å². The topological polar surface area (TPSA) is 28.2 Å². The molecule has 1 aliphatic heterocycles. The fourth-order valence-corrected chi connectivity index (χ4v) is 2.57. The van der Waals surface area contributed by atoms with E-state index >= 15 is 0 Å². The molecule has 0 spiro atoms. The number of nitrogens with one attached hydrogen (secondary N) is 1. The number of hydrogen-bond donors (Lipinski definition) is 1. The molecule has 4 heteroatoms. The largest absolute Gasteiger partial charge is 0.356 e. The number of piperidine rings is 1. The van der Waals surface area contributed by atoms with Crippen LogP contribution in [0, 0.1) is 17.7 Å². The maximum absolute atomic E-state index is 12.9. The molecule has 0 amide bonds. The number of nitrogens with zero attached hydrogens (tertiary/aromatic N) is 2. The normalized spacial score (nSPS) is 20.0. The number of rotatable bonds is 5. The zero-order valence-electron chi connectivity index (χ0n) is 11.9. The van der Waals surface area contributed by atoms with Gasteiger partial charge in [0.1, 0.15) is 11.6 Å². The highest BCUT2D eigenvalue weighted by atomic mass is 19.1. The van der Waals surface area contributed by atoms with Crippen molar-refractivity contribution >= 4 is 5.82 Å². The summed E-state index contributed by atoms with van der Waals surface area (Å²) in [6.07, 6.45) is 3.76. The van der Waals surface area contributed by atoms with Crippen LogP contribution in [0.5, 0.6) is 0 Å². The Morgan fingerprint density at radius 1 is 1.47 bits per heavy atom. The van der Waals surface area contributed by atoms with E-state index in [0.717, 1.165) is 32.0 Å². The standard InChI is InChI=1S/C15H24FN3/c1-12(2)8-17-9-13-4-3-7-19(11-13)15-6-5-14(16)10-18-15/h5-6,10,12-13,17H,3-4,7-9,11H2,1-2H3. The van der Waals surface area contributed by atoms with Crippen LogP contribution in [0.25, 0.3) is 0 Å². The summed E-state index contributed by atoms with van der Waals surface area (Å²) in [4.78, 5) is 6.44. The Morgan fingerprint density at radius 2 is 2.32 bits per heavy atom. The minimum absolute atomic E-state index is 0.268. The first-order valence-electron chi connectivity index (χ1n) is 7.22. The third-order valence-corrected chi connectivity index (χ3v) is 3.54. The summed E-state index contributed by atoms with van der Waals surface area (Å²) in [5, 5.41) is 3.53. The number of aromatic nitrogens is 1. The lowest BCUT2D eigenvalue weighted by Crippen LogP contribution is -2.40. The lowest BCUT2D eigenvalue weighted by atomic mass is 9.98. The molecular formula is C15H24FN3. The molecule has 3 nitrogen and oxygen atoms in total. The lowest BCUT2D eigenvalue weighted by molar-refractivity contribution is 0.381. The third-order valence-electron chi connectivity index (χ3n) is 3.54. The molecule has 0 bridgehead atoms.